The number of carbonyl (C=O) groups is 1. The molecule has 0 bridgehead atoms. The van der Waals surface area contributed by atoms with Crippen molar-refractivity contribution in [2.75, 3.05) is 6.54 Å². The molecule has 4 rings (SSSR count). The molecule has 1 amide bonds. The fraction of sp³-hybridized carbons (Fsp3) is 0.444. The Hall–Kier alpha value is -2.83. The maximum absolute atomic E-state index is 8.58. The van der Waals surface area contributed by atoms with E-state index in [1.807, 2.05) is 6.08 Å². The number of nitrogens with two attached hydrogens (primary N) is 1. The zero-order valence-electron chi connectivity index (χ0n) is 19.8. The molecule has 1 unspecified atom stereocenters. The highest BCUT2D eigenvalue weighted by atomic mass is 16.7. The molecule has 0 spiro atoms. The number of primary amides is 1. The van der Waals surface area contributed by atoms with E-state index in [1.54, 1.807) is 6.26 Å². The molecule has 1 aliphatic carbocycles. The number of aromatic nitrogens is 1. The van der Waals surface area contributed by atoms with Gasteiger partial charge in [-0.3, -0.25) is 4.79 Å². The average Bonchev–Trinajstić information content (AvgIpc) is 3.13. The van der Waals surface area contributed by atoms with Gasteiger partial charge in [-0.25, -0.2) is 0 Å². The third-order valence-corrected chi connectivity index (χ3v) is 6.07. The first-order chi connectivity index (χ1) is 16.1. The fourth-order valence-corrected chi connectivity index (χ4v) is 4.37. The van der Waals surface area contributed by atoms with Crippen LogP contribution in [0.25, 0.3) is 12.2 Å². The zero-order chi connectivity index (χ0) is 23.5. The molecular weight excluding hydrogens is 414 g/mol. The summed E-state index contributed by atoms with van der Waals surface area (Å²) in [7, 11) is 0. The molecule has 6 heteroatoms. The summed E-state index contributed by atoms with van der Waals surface area (Å²) in [5, 5.41) is 3.59. The number of hydrogen-bond donors (Lipinski definition) is 3. The highest BCUT2D eigenvalue weighted by Crippen LogP contribution is 2.25. The summed E-state index contributed by atoms with van der Waals surface area (Å²) in [6.45, 7) is 6.17. The van der Waals surface area contributed by atoms with Crippen LogP contribution >= 0.6 is 0 Å². The molecule has 6 nitrogen and oxygen atoms in total. The van der Waals surface area contributed by atoms with Gasteiger partial charge in [0.05, 0.1) is 12.4 Å². The quantitative estimate of drug-likeness (QED) is 0.310. The molecule has 1 saturated heterocycles. The van der Waals surface area contributed by atoms with Gasteiger partial charge in [-0.2, -0.15) is 0 Å². The Morgan fingerprint density at radius 1 is 1.27 bits per heavy atom. The highest BCUT2D eigenvalue weighted by Gasteiger charge is 2.19. The molecule has 0 saturated carbocycles. The third kappa shape index (κ3) is 7.62. The van der Waals surface area contributed by atoms with Crippen LogP contribution in [0.1, 0.15) is 66.2 Å². The van der Waals surface area contributed by atoms with Crippen molar-refractivity contribution in [2.24, 2.45) is 5.73 Å². The SMILES string of the molecule is Cc1[nH]c2c(c1CCNCc1ccc(/C=C/OC3CCC[C@H](C)O3)cc1)C=CCC2.NC=O. The van der Waals surface area contributed by atoms with Crippen molar-refractivity contribution in [1.82, 2.24) is 10.3 Å². The van der Waals surface area contributed by atoms with Gasteiger partial charge < -0.3 is 25.5 Å². The molecule has 2 aromatic rings. The third-order valence-electron chi connectivity index (χ3n) is 6.07. The van der Waals surface area contributed by atoms with Crippen LogP contribution in [0.5, 0.6) is 0 Å². The van der Waals surface area contributed by atoms with Crippen LogP contribution in [-0.2, 0) is 33.7 Å². The predicted octanol–water partition coefficient (Wildman–Crippen LogP) is 4.62. The van der Waals surface area contributed by atoms with Crippen molar-refractivity contribution in [3.05, 3.63) is 70.2 Å². The van der Waals surface area contributed by atoms with Crippen molar-refractivity contribution >= 4 is 18.6 Å². The summed E-state index contributed by atoms with van der Waals surface area (Å²) in [5.74, 6) is 0. The summed E-state index contributed by atoms with van der Waals surface area (Å²) >= 11 is 0. The number of aryl methyl sites for hydroxylation is 2. The van der Waals surface area contributed by atoms with Gasteiger partial charge in [0.25, 0.3) is 0 Å². The lowest BCUT2D eigenvalue weighted by atomic mass is 9.99. The van der Waals surface area contributed by atoms with E-state index in [0.717, 1.165) is 50.8 Å². The molecule has 178 valence electrons. The summed E-state index contributed by atoms with van der Waals surface area (Å²) < 4.78 is 11.5. The summed E-state index contributed by atoms with van der Waals surface area (Å²) in [6.07, 6.45) is 15.4. The normalized spacial score (nSPS) is 19.6. The second-order valence-corrected chi connectivity index (χ2v) is 8.61. The van der Waals surface area contributed by atoms with Crippen LogP contribution in [0.2, 0.25) is 0 Å². The number of ether oxygens (including phenoxy) is 2. The van der Waals surface area contributed by atoms with E-state index >= 15 is 0 Å². The lowest BCUT2D eigenvalue weighted by Gasteiger charge is -2.26. The summed E-state index contributed by atoms with van der Waals surface area (Å²) in [6, 6.07) is 8.63. The van der Waals surface area contributed by atoms with E-state index in [4.69, 9.17) is 14.3 Å². The molecule has 33 heavy (non-hydrogen) atoms. The Morgan fingerprint density at radius 2 is 2.06 bits per heavy atom. The maximum Gasteiger partial charge on any atom is 0.204 e. The number of H-pyrrole nitrogens is 1. The molecule has 2 aliphatic rings. The summed E-state index contributed by atoms with van der Waals surface area (Å²) in [5.41, 5.74) is 12.2. The fourth-order valence-electron chi connectivity index (χ4n) is 4.37. The van der Waals surface area contributed by atoms with Crippen LogP contribution in [-0.4, -0.2) is 30.3 Å². The minimum Gasteiger partial charge on any atom is -0.473 e. The second-order valence-electron chi connectivity index (χ2n) is 8.61. The van der Waals surface area contributed by atoms with E-state index in [0.29, 0.717) is 6.10 Å². The zero-order valence-corrected chi connectivity index (χ0v) is 19.8. The van der Waals surface area contributed by atoms with E-state index in [1.165, 1.54) is 34.5 Å². The van der Waals surface area contributed by atoms with Crippen molar-refractivity contribution in [1.29, 1.82) is 0 Å². The molecule has 2 atom stereocenters. The van der Waals surface area contributed by atoms with Gasteiger partial charge in [-0.1, -0.05) is 36.4 Å². The van der Waals surface area contributed by atoms with E-state index < -0.39 is 0 Å². The van der Waals surface area contributed by atoms with Crippen molar-refractivity contribution in [3.8, 4) is 0 Å². The number of allylic oxidation sites excluding steroid dienone is 1. The van der Waals surface area contributed by atoms with Gasteiger partial charge in [0, 0.05) is 24.4 Å². The highest BCUT2D eigenvalue weighted by molar-refractivity contribution is 5.60. The van der Waals surface area contributed by atoms with Crippen LogP contribution in [0.4, 0.5) is 0 Å². The first-order valence-corrected chi connectivity index (χ1v) is 11.9. The van der Waals surface area contributed by atoms with E-state index in [2.05, 4.69) is 66.3 Å². The standard InChI is InChI=1S/C26H34N2O2.CH3NO/c1-19-6-5-9-26(30-19)29-17-15-21-10-12-22(13-11-21)18-27-16-14-23-20(2)28-25-8-4-3-7-24(23)25;2-1-3/h3,7,10-13,15,17,19,26-28H,4-6,8-9,14,16,18H2,1-2H3;1H,(H2,2,3)/b17-15+;/t19-,26?;/m0./s1. The van der Waals surface area contributed by atoms with Gasteiger partial charge in [-0.15, -0.1) is 0 Å². The Bertz CT molecular complexity index is 931. The molecule has 1 fully saturated rings. The van der Waals surface area contributed by atoms with Crippen LogP contribution in [0.15, 0.2) is 36.6 Å². The molecule has 4 N–H and O–H groups in total. The number of fused-ring (bicyclic) bond motifs is 1. The van der Waals surface area contributed by atoms with E-state index in [9.17, 15) is 0 Å². The molecule has 1 aliphatic heterocycles. The molecule has 1 aromatic carbocycles. The van der Waals surface area contributed by atoms with Crippen molar-refractivity contribution in [2.45, 2.75) is 71.3 Å². The van der Waals surface area contributed by atoms with Crippen LogP contribution < -0.4 is 11.1 Å². The number of benzene rings is 1. The van der Waals surface area contributed by atoms with Crippen LogP contribution in [0.3, 0.4) is 0 Å². The monoisotopic (exact) mass is 451 g/mol. The van der Waals surface area contributed by atoms with Gasteiger partial charge in [0.15, 0.2) is 6.29 Å². The number of amides is 1. The topological polar surface area (TPSA) is 89.4 Å². The second kappa shape index (κ2) is 13.0. The van der Waals surface area contributed by atoms with Gasteiger partial charge in [-0.05, 0) is 80.8 Å². The smallest absolute Gasteiger partial charge is 0.204 e. The lowest BCUT2D eigenvalue weighted by Crippen LogP contribution is -2.26. The Morgan fingerprint density at radius 3 is 2.82 bits per heavy atom. The number of hydrogen-bond acceptors (Lipinski definition) is 4. The molecule has 0 radical (unpaired) electrons. The number of rotatable bonds is 8. The average molecular weight is 452 g/mol. The Labute approximate surface area is 197 Å². The molecule has 2 heterocycles. The Kier molecular flexibility index (Phi) is 9.78. The van der Waals surface area contributed by atoms with Crippen molar-refractivity contribution < 1.29 is 14.3 Å². The van der Waals surface area contributed by atoms with E-state index in [-0.39, 0.29) is 12.7 Å². The minimum absolute atomic E-state index is 0.0989. The van der Waals surface area contributed by atoms with Gasteiger partial charge in [0.1, 0.15) is 0 Å². The summed E-state index contributed by atoms with van der Waals surface area (Å²) in [4.78, 5) is 12.1. The van der Waals surface area contributed by atoms with Gasteiger partial charge in [0.2, 0.25) is 6.41 Å². The molecule has 1 aromatic heterocycles. The van der Waals surface area contributed by atoms with Crippen molar-refractivity contribution in [3.63, 3.8) is 0 Å². The van der Waals surface area contributed by atoms with Gasteiger partial charge >= 0.3 is 0 Å². The number of carbonyl (C=O) groups excluding carboxylic acids is 1. The first-order valence-electron chi connectivity index (χ1n) is 11.9. The maximum atomic E-state index is 8.58. The first kappa shape index (κ1) is 24.8. The Balaban J connectivity index is 0.000000968. The molecular formula is C27H37N3O3. The number of aromatic amines is 1. The van der Waals surface area contributed by atoms with Crippen LogP contribution in [0, 0.1) is 6.92 Å². The predicted molar refractivity (Wildman–Crippen MR) is 133 cm³/mol. The number of nitrogens with one attached hydrogen (secondary N) is 2. The lowest BCUT2D eigenvalue weighted by molar-refractivity contribution is -0.160. The largest absolute Gasteiger partial charge is 0.473 e. The minimum atomic E-state index is -0.0989.